The lowest BCUT2D eigenvalue weighted by Crippen LogP contribution is -2.05. The van der Waals surface area contributed by atoms with Gasteiger partial charge in [0.2, 0.25) is 5.95 Å². The zero-order valence-corrected chi connectivity index (χ0v) is 11.0. The highest BCUT2D eigenvalue weighted by atomic mass is 32.1. The first-order valence-corrected chi connectivity index (χ1v) is 6.89. The summed E-state index contributed by atoms with van der Waals surface area (Å²) in [6.07, 6.45) is 0.913. The molecule has 94 valence electrons. The van der Waals surface area contributed by atoms with Crippen LogP contribution in [0.1, 0.15) is 11.1 Å². The van der Waals surface area contributed by atoms with Crippen LogP contribution in [0.3, 0.4) is 0 Å². The zero-order chi connectivity index (χ0) is 13.2. The van der Waals surface area contributed by atoms with Gasteiger partial charge in [-0.1, -0.05) is 0 Å². The maximum atomic E-state index is 8.97. The molecule has 4 nitrogen and oxygen atoms in total. The van der Waals surface area contributed by atoms with Gasteiger partial charge in [0, 0.05) is 6.54 Å². The van der Waals surface area contributed by atoms with E-state index in [1.165, 1.54) is 5.56 Å². The first kappa shape index (κ1) is 11.8. The van der Waals surface area contributed by atoms with Crippen LogP contribution in [0.25, 0.3) is 11.0 Å². The molecule has 2 N–H and O–H groups in total. The fraction of sp³-hybridized carbons (Fsp3) is 0.143. The van der Waals surface area contributed by atoms with Crippen LogP contribution in [0.5, 0.6) is 0 Å². The Bertz CT molecular complexity index is 750. The lowest BCUT2D eigenvalue weighted by Gasteiger charge is -2.05. The molecule has 5 heteroatoms. The maximum absolute atomic E-state index is 8.97. The van der Waals surface area contributed by atoms with E-state index in [1.807, 2.05) is 16.7 Å². The number of nitrogens with zero attached hydrogens (tertiary/aromatic N) is 3. The van der Waals surface area contributed by atoms with E-state index in [4.69, 9.17) is 11.0 Å². The summed E-state index contributed by atoms with van der Waals surface area (Å²) < 4.78 is 1.97. The van der Waals surface area contributed by atoms with E-state index in [-0.39, 0.29) is 0 Å². The molecule has 3 rings (SSSR count). The fourth-order valence-corrected chi connectivity index (χ4v) is 2.82. The summed E-state index contributed by atoms with van der Waals surface area (Å²) in [5.74, 6) is 0.500. The van der Waals surface area contributed by atoms with E-state index in [9.17, 15) is 0 Å². The van der Waals surface area contributed by atoms with Crippen LogP contribution < -0.4 is 5.73 Å². The van der Waals surface area contributed by atoms with E-state index >= 15 is 0 Å². The number of rotatable bonds is 3. The lowest BCUT2D eigenvalue weighted by molar-refractivity contribution is 0.727. The van der Waals surface area contributed by atoms with Gasteiger partial charge in [-0.3, -0.25) is 0 Å². The molecule has 0 aliphatic carbocycles. The quantitative estimate of drug-likeness (QED) is 0.794. The normalized spacial score (nSPS) is 10.7. The van der Waals surface area contributed by atoms with E-state index in [2.05, 4.69) is 27.9 Å². The molecular weight excluding hydrogens is 256 g/mol. The third-order valence-corrected chi connectivity index (χ3v) is 3.84. The van der Waals surface area contributed by atoms with Crippen LogP contribution in [0.4, 0.5) is 5.95 Å². The molecule has 0 atom stereocenters. The van der Waals surface area contributed by atoms with Crippen LogP contribution in [0.15, 0.2) is 35.0 Å². The number of anilines is 1. The second-order valence-electron chi connectivity index (χ2n) is 4.32. The van der Waals surface area contributed by atoms with Gasteiger partial charge in [-0.15, -0.1) is 0 Å². The molecule has 1 aromatic carbocycles. The first-order valence-electron chi connectivity index (χ1n) is 5.95. The number of fused-ring (bicyclic) bond motifs is 1. The van der Waals surface area contributed by atoms with Crippen LogP contribution in [-0.2, 0) is 13.0 Å². The van der Waals surface area contributed by atoms with Gasteiger partial charge in [0.25, 0.3) is 0 Å². The molecule has 19 heavy (non-hydrogen) atoms. The Morgan fingerprint density at radius 3 is 3.00 bits per heavy atom. The number of nitriles is 1. The lowest BCUT2D eigenvalue weighted by atomic mass is 10.2. The van der Waals surface area contributed by atoms with E-state index in [1.54, 1.807) is 17.4 Å². The van der Waals surface area contributed by atoms with Gasteiger partial charge < -0.3 is 10.3 Å². The van der Waals surface area contributed by atoms with Crippen molar-refractivity contribution in [3.63, 3.8) is 0 Å². The minimum absolute atomic E-state index is 0.500. The summed E-state index contributed by atoms with van der Waals surface area (Å²) in [6.45, 7) is 0.772. The zero-order valence-electron chi connectivity index (χ0n) is 10.2. The third-order valence-electron chi connectivity index (χ3n) is 3.11. The Hall–Kier alpha value is -2.32. The minimum Gasteiger partial charge on any atom is -0.369 e. The molecule has 0 aliphatic heterocycles. The largest absolute Gasteiger partial charge is 0.369 e. The van der Waals surface area contributed by atoms with E-state index in [0.717, 1.165) is 24.0 Å². The molecule has 2 heterocycles. The number of aryl methyl sites for hydroxylation is 2. The van der Waals surface area contributed by atoms with Crippen molar-refractivity contribution >= 4 is 28.3 Å². The van der Waals surface area contributed by atoms with Crippen molar-refractivity contribution in [1.82, 2.24) is 9.55 Å². The average molecular weight is 268 g/mol. The van der Waals surface area contributed by atoms with E-state index in [0.29, 0.717) is 11.5 Å². The molecule has 3 aromatic rings. The number of hydrogen-bond acceptors (Lipinski definition) is 4. The molecule has 0 aliphatic rings. The molecule has 0 fully saturated rings. The summed E-state index contributed by atoms with van der Waals surface area (Å²) in [6, 6.07) is 9.70. The monoisotopic (exact) mass is 268 g/mol. The second-order valence-corrected chi connectivity index (χ2v) is 5.10. The predicted octanol–water partition coefficient (Wildman–Crippen LogP) is 2.79. The van der Waals surface area contributed by atoms with Crippen molar-refractivity contribution in [3.8, 4) is 6.07 Å². The van der Waals surface area contributed by atoms with Gasteiger partial charge in [0.1, 0.15) is 0 Å². The number of hydrogen-bond donors (Lipinski definition) is 1. The van der Waals surface area contributed by atoms with Gasteiger partial charge >= 0.3 is 0 Å². The summed E-state index contributed by atoms with van der Waals surface area (Å²) in [7, 11) is 0. The Labute approximate surface area is 114 Å². The van der Waals surface area contributed by atoms with Crippen LogP contribution in [0, 0.1) is 11.3 Å². The minimum atomic E-state index is 0.500. The second kappa shape index (κ2) is 4.75. The summed E-state index contributed by atoms with van der Waals surface area (Å²) in [5.41, 5.74) is 9.64. The number of benzene rings is 1. The standard InChI is InChI=1S/C14H12N4S/c15-8-11-1-2-12-13(7-11)18(14(16)17-12)5-3-10-4-6-19-9-10/h1-2,4,6-7,9H,3,5H2,(H2,16,17). The predicted molar refractivity (Wildman–Crippen MR) is 76.9 cm³/mol. The molecule has 0 saturated heterocycles. The van der Waals surface area contributed by atoms with Gasteiger partial charge in [-0.05, 0) is 47.0 Å². The van der Waals surface area contributed by atoms with Crippen LogP contribution in [-0.4, -0.2) is 9.55 Å². The SMILES string of the molecule is N#Cc1ccc2nc(N)n(CCc3ccsc3)c2c1. The Kier molecular flexibility index (Phi) is 2.94. The summed E-state index contributed by atoms with van der Waals surface area (Å²) in [4.78, 5) is 4.32. The Morgan fingerprint density at radius 1 is 1.37 bits per heavy atom. The average Bonchev–Trinajstić information content (AvgIpc) is 3.03. The molecule has 0 bridgehead atoms. The van der Waals surface area contributed by atoms with Crippen LogP contribution in [0.2, 0.25) is 0 Å². The topological polar surface area (TPSA) is 67.6 Å². The van der Waals surface area contributed by atoms with Gasteiger partial charge in [0.05, 0.1) is 22.7 Å². The molecule has 0 spiro atoms. The molecule has 2 aromatic heterocycles. The number of nitrogen functional groups attached to an aromatic ring is 1. The van der Waals surface area contributed by atoms with Crippen molar-refractivity contribution in [1.29, 1.82) is 5.26 Å². The highest BCUT2D eigenvalue weighted by Crippen LogP contribution is 2.20. The van der Waals surface area contributed by atoms with Gasteiger partial charge in [-0.25, -0.2) is 4.98 Å². The third kappa shape index (κ3) is 2.18. The molecule has 0 saturated carbocycles. The number of thiophene rings is 1. The molecular formula is C14H12N4S. The van der Waals surface area contributed by atoms with Gasteiger partial charge in [0.15, 0.2) is 0 Å². The van der Waals surface area contributed by atoms with Crippen molar-refractivity contribution < 1.29 is 0 Å². The number of imidazole rings is 1. The van der Waals surface area contributed by atoms with Crippen molar-refractivity contribution in [2.24, 2.45) is 0 Å². The molecule has 0 unspecified atom stereocenters. The smallest absolute Gasteiger partial charge is 0.201 e. The number of nitrogens with two attached hydrogens (primary N) is 1. The van der Waals surface area contributed by atoms with Crippen molar-refractivity contribution in [2.45, 2.75) is 13.0 Å². The number of aromatic nitrogens is 2. The van der Waals surface area contributed by atoms with Crippen molar-refractivity contribution in [3.05, 3.63) is 46.2 Å². The van der Waals surface area contributed by atoms with Gasteiger partial charge in [-0.2, -0.15) is 16.6 Å². The van der Waals surface area contributed by atoms with E-state index < -0.39 is 0 Å². The Balaban J connectivity index is 1.97. The summed E-state index contributed by atoms with van der Waals surface area (Å²) in [5, 5.41) is 13.2. The van der Waals surface area contributed by atoms with Crippen molar-refractivity contribution in [2.75, 3.05) is 5.73 Å². The highest BCUT2D eigenvalue weighted by molar-refractivity contribution is 7.07. The molecule has 0 radical (unpaired) electrons. The van der Waals surface area contributed by atoms with Crippen LogP contribution >= 0.6 is 11.3 Å². The molecule has 0 amide bonds. The summed E-state index contributed by atoms with van der Waals surface area (Å²) >= 11 is 1.69. The Morgan fingerprint density at radius 2 is 2.26 bits per heavy atom. The highest BCUT2D eigenvalue weighted by Gasteiger charge is 2.09. The fourth-order valence-electron chi connectivity index (χ4n) is 2.12. The maximum Gasteiger partial charge on any atom is 0.201 e. The first-order chi connectivity index (χ1) is 9.28.